The fourth-order valence-electron chi connectivity index (χ4n) is 1.36. The zero-order valence-electron chi connectivity index (χ0n) is 11.8. The summed E-state index contributed by atoms with van der Waals surface area (Å²) in [6.07, 6.45) is -0.226. The molecule has 0 saturated carbocycles. The summed E-state index contributed by atoms with van der Waals surface area (Å²) in [5.74, 6) is -0.599. The van der Waals surface area contributed by atoms with E-state index in [1.165, 1.54) is 18.5 Å². The lowest BCUT2D eigenvalue weighted by Crippen LogP contribution is -2.40. The second kappa shape index (κ2) is 8.69. The molecule has 1 aromatic rings. The smallest absolute Gasteiger partial charge is 0.443 e. The highest BCUT2D eigenvalue weighted by Gasteiger charge is 2.22. The Hall–Kier alpha value is -2.42. The van der Waals surface area contributed by atoms with Crippen molar-refractivity contribution < 1.29 is 28.6 Å². The molecule has 0 aliphatic heterocycles. The van der Waals surface area contributed by atoms with Crippen LogP contribution in [0.4, 0.5) is 9.59 Å². The Balaban J connectivity index is 2.42. The van der Waals surface area contributed by atoms with Crippen LogP contribution in [0.5, 0.6) is 0 Å². The SMILES string of the molecule is CCOC(=O)C(CNC(=O)OC(=O)n1cccn1)OCC. The molecule has 1 amide bonds. The summed E-state index contributed by atoms with van der Waals surface area (Å²) in [6, 6.07) is 1.50. The van der Waals surface area contributed by atoms with Gasteiger partial charge in [-0.2, -0.15) is 9.78 Å². The van der Waals surface area contributed by atoms with E-state index in [2.05, 4.69) is 15.2 Å². The van der Waals surface area contributed by atoms with Crippen molar-refractivity contribution in [3.63, 3.8) is 0 Å². The van der Waals surface area contributed by atoms with Crippen LogP contribution in [0.2, 0.25) is 0 Å². The summed E-state index contributed by atoms with van der Waals surface area (Å²) < 4.78 is 15.2. The van der Waals surface area contributed by atoms with Gasteiger partial charge in [-0.05, 0) is 19.9 Å². The van der Waals surface area contributed by atoms with E-state index in [1.54, 1.807) is 13.8 Å². The number of carbonyl (C=O) groups is 3. The van der Waals surface area contributed by atoms with Gasteiger partial charge in [0, 0.05) is 19.0 Å². The zero-order valence-corrected chi connectivity index (χ0v) is 11.8. The molecule has 1 N–H and O–H groups in total. The van der Waals surface area contributed by atoms with Crippen molar-refractivity contribution in [1.29, 1.82) is 0 Å². The van der Waals surface area contributed by atoms with Gasteiger partial charge < -0.3 is 19.5 Å². The molecule has 9 heteroatoms. The molecule has 9 nitrogen and oxygen atoms in total. The van der Waals surface area contributed by atoms with E-state index in [1.807, 2.05) is 0 Å². The number of hydrogen-bond donors (Lipinski definition) is 1. The number of nitrogens with one attached hydrogen (secondary N) is 1. The minimum absolute atomic E-state index is 0.169. The lowest BCUT2D eigenvalue weighted by atomic mass is 10.3. The van der Waals surface area contributed by atoms with Gasteiger partial charge in [0.1, 0.15) is 0 Å². The van der Waals surface area contributed by atoms with Crippen LogP contribution >= 0.6 is 0 Å². The van der Waals surface area contributed by atoms with Crippen molar-refractivity contribution in [3.8, 4) is 0 Å². The number of ether oxygens (including phenoxy) is 3. The molecule has 0 spiro atoms. The predicted octanol–water partition coefficient (Wildman–Crippen LogP) is 0.546. The molecule has 0 aliphatic carbocycles. The third-order valence-corrected chi connectivity index (χ3v) is 2.22. The summed E-state index contributed by atoms with van der Waals surface area (Å²) >= 11 is 0. The Morgan fingerprint density at radius 3 is 2.62 bits per heavy atom. The van der Waals surface area contributed by atoms with Crippen LogP contribution in [0.25, 0.3) is 0 Å². The fraction of sp³-hybridized carbons (Fsp3) is 0.500. The standard InChI is InChI=1S/C12H17N3O6/c1-3-19-9(10(16)20-4-2)8-13-11(17)21-12(18)15-7-5-6-14-15/h5-7,9H,3-4,8H2,1-2H3,(H,13,17). The first-order chi connectivity index (χ1) is 10.1. The summed E-state index contributed by atoms with van der Waals surface area (Å²) in [5.41, 5.74) is 0. The van der Waals surface area contributed by atoms with E-state index >= 15 is 0 Å². The summed E-state index contributed by atoms with van der Waals surface area (Å²) in [6.45, 7) is 3.66. The number of rotatable bonds is 6. The van der Waals surface area contributed by atoms with Crippen LogP contribution in [0.15, 0.2) is 18.5 Å². The average Bonchev–Trinajstić information content (AvgIpc) is 2.97. The molecular weight excluding hydrogens is 282 g/mol. The highest BCUT2D eigenvalue weighted by molar-refractivity contribution is 5.84. The first-order valence-electron chi connectivity index (χ1n) is 6.36. The third-order valence-electron chi connectivity index (χ3n) is 2.22. The van der Waals surface area contributed by atoms with Crippen molar-refractivity contribution >= 4 is 18.2 Å². The topological polar surface area (TPSA) is 109 Å². The van der Waals surface area contributed by atoms with Crippen LogP contribution < -0.4 is 5.32 Å². The van der Waals surface area contributed by atoms with E-state index in [-0.39, 0.29) is 19.8 Å². The van der Waals surface area contributed by atoms with E-state index in [0.29, 0.717) is 0 Å². The van der Waals surface area contributed by atoms with E-state index < -0.39 is 24.3 Å². The number of alkyl carbamates (subject to hydrolysis) is 1. The maximum Gasteiger partial charge on any atom is 0.443 e. The van der Waals surface area contributed by atoms with Crippen molar-refractivity contribution in [3.05, 3.63) is 18.5 Å². The van der Waals surface area contributed by atoms with E-state index in [0.717, 1.165) is 4.68 Å². The number of carbonyl (C=O) groups excluding carboxylic acids is 3. The Labute approximate surface area is 121 Å². The van der Waals surface area contributed by atoms with E-state index in [4.69, 9.17) is 9.47 Å². The van der Waals surface area contributed by atoms with Gasteiger partial charge in [0.05, 0.1) is 13.2 Å². The summed E-state index contributed by atoms with van der Waals surface area (Å²) in [7, 11) is 0. The second-order valence-corrected chi connectivity index (χ2v) is 3.68. The Morgan fingerprint density at radius 2 is 2.05 bits per heavy atom. The van der Waals surface area contributed by atoms with Crippen molar-refractivity contribution in [2.75, 3.05) is 19.8 Å². The second-order valence-electron chi connectivity index (χ2n) is 3.68. The molecular formula is C12H17N3O6. The molecule has 1 unspecified atom stereocenters. The molecule has 116 valence electrons. The van der Waals surface area contributed by atoms with Gasteiger partial charge in [-0.3, -0.25) is 0 Å². The highest BCUT2D eigenvalue weighted by atomic mass is 16.6. The summed E-state index contributed by atoms with van der Waals surface area (Å²) in [5, 5.41) is 5.86. The van der Waals surface area contributed by atoms with Crippen molar-refractivity contribution in [2.24, 2.45) is 0 Å². The predicted molar refractivity (Wildman–Crippen MR) is 69.6 cm³/mol. The van der Waals surface area contributed by atoms with Crippen LogP contribution in [0, 0.1) is 0 Å². The maximum absolute atomic E-state index is 11.5. The number of hydrogen-bond acceptors (Lipinski definition) is 7. The van der Waals surface area contributed by atoms with Crippen molar-refractivity contribution in [2.45, 2.75) is 20.0 Å². The maximum atomic E-state index is 11.5. The van der Waals surface area contributed by atoms with Crippen LogP contribution in [-0.2, 0) is 19.0 Å². The zero-order chi connectivity index (χ0) is 15.7. The van der Waals surface area contributed by atoms with Gasteiger partial charge in [-0.15, -0.1) is 0 Å². The largest absolute Gasteiger partial charge is 0.464 e. The van der Waals surface area contributed by atoms with E-state index in [9.17, 15) is 14.4 Å². The molecule has 0 bridgehead atoms. The molecule has 0 aliphatic rings. The molecule has 0 saturated heterocycles. The normalized spacial score (nSPS) is 11.5. The minimum Gasteiger partial charge on any atom is -0.464 e. The molecule has 1 aromatic heterocycles. The lowest BCUT2D eigenvalue weighted by Gasteiger charge is -2.15. The number of nitrogens with zero attached hydrogens (tertiary/aromatic N) is 2. The summed E-state index contributed by atoms with van der Waals surface area (Å²) in [4.78, 5) is 34.4. The molecule has 0 aromatic carbocycles. The van der Waals surface area contributed by atoms with Crippen LogP contribution in [-0.4, -0.2) is 53.8 Å². The van der Waals surface area contributed by atoms with Gasteiger partial charge >= 0.3 is 18.2 Å². The monoisotopic (exact) mass is 299 g/mol. The number of amides is 1. The molecule has 0 radical (unpaired) electrons. The Bertz CT molecular complexity index is 473. The van der Waals surface area contributed by atoms with Gasteiger partial charge in [0.2, 0.25) is 0 Å². The van der Waals surface area contributed by atoms with Gasteiger partial charge in [-0.25, -0.2) is 14.4 Å². The van der Waals surface area contributed by atoms with Crippen LogP contribution in [0.3, 0.4) is 0 Å². The highest BCUT2D eigenvalue weighted by Crippen LogP contribution is 1.96. The first kappa shape index (κ1) is 16.6. The van der Waals surface area contributed by atoms with Crippen molar-refractivity contribution in [1.82, 2.24) is 15.1 Å². The lowest BCUT2D eigenvalue weighted by molar-refractivity contribution is -0.155. The molecule has 0 fully saturated rings. The van der Waals surface area contributed by atoms with Gasteiger partial charge in [-0.1, -0.05) is 0 Å². The Morgan fingerprint density at radius 1 is 1.29 bits per heavy atom. The number of esters is 1. The molecule has 1 rings (SSSR count). The minimum atomic E-state index is -1.01. The molecule has 21 heavy (non-hydrogen) atoms. The molecule has 1 atom stereocenters. The van der Waals surface area contributed by atoms with Gasteiger partial charge in [0.15, 0.2) is 6.10 Å². The fourth-order valence-corrected chi connectivity index (χ4v) is 1.36. The Kier molecular flexibility index (Phi) is 6.88. The van der Waals surface area contributed by atoms with Crippen LogP contribution in [0.1, 0.15) is 13.8 Å². The number of aromatic nitrogens is 2. The first-order valence-corrected chi connectivity index (χ1v) is 6.36. The van der Waals surface area contributed by atoms with Gasteiger partial charge in [0.25, 0.3) is 0 Å². The quantitative estimate of drug-likeness (QED) is 0.603. The third kappa shape index (κ3) is 5.61. The average molecular weight is 299 g/mol. The molecule has 1 heterocycles.